The number of carbonyl (C=O) groups excluding carboxylic acids is 1. The molecule has 0 radical (unpaired) electrons. The Morgan fingerprint density at radius 3 is 2.77 bits per heavy atom. The summed E-state index contributed by atoms with van der Waals surface area (Å²) in [5.74, 6) is 0.893. The molecule has 8 nitrogen and oxygen atoms in total. The molecule has 0 saturated carbocycles. The van der Waals surface area contributed by atoms with Gasteiger partial charge in [-0.05, 0) is 67.3 Å². The number of anilines is 1. The Hall–Kier alpha value is -3.76. The molecule has 0 spiro atoms. The Morgan fingerprint density at radius 2 is 1.95 bits per heavy atom. The lowest BCUT2D eigenvalue weighted by Crippen LogP contribution is -2.40. The van der Waals surface area contributed by atoms with E-state index in [1.54, 1.807) is 0 Å². The van der Waals surface area contributed by atoms with Gasteiger partial charge in [-0.25, -0.2) is 17.8 Å². The number of ketones is 1. The molecular formula is C29H30FN3O5S. The van der Waals surface area contributed by atoms with E-state index in [0.29, 0.717) is 37.0 Å². The Balaban J connectivity index is 1.22. The van der Waals surface area contributed by atoms with E-state index in [4.69, 9.17) is 9.15 Å². The van der Waals surface area contributed by atoms with Crippen LogP contribution in [0.5, 0.6) is 5.75 Å². The number of sulfonamides is 1. The monoisotopic (exact) mass is 551 g/mol. The number of pyridine rings is 1. The zero-order valence-electron chi connectivity index (χ0n) is 21.8. The van der Waals surface area contributed by atoms with Gasteiger partial charge in [0.15, 0.2) is 5.78 Å². The molecule has 2 aromatic heterocycles. The van der Waals surface area contributed by atoms with Crippen LogP contribution in [0.1, 0.15) is 30.5 Å². The van der Waals surface area contributed by atoms with Crippen LogP contribution in [0.2, 0.25) is 0 Å². The molecule has 1 fully saturated rings. The first-order chi connectivity index (χ1) is 18.7. The van der Waals surface area contributed by atoms with E-state index in [1.165, 1.54) is 28.6 Å². The summed E-state index contributed by atoms with van der Waals surface area (Å²) < 4.78 is 52.9. The standard InChI is InChI=1S/C29H30FN3O5S/c1-32(2)28-10-4-7-23(31-28)19-37-24-8-3-6-20(16-24)11-13-26(34)25-9-5-15-33(25)39(35,36)29-18-21-17-22(30)12-14-27(21)38-29/h3-4,6-8,10,12,14,16-18,25H,5,9,11,13,15,19H2,1-2H3/t25-/m0/s1. The van der Waals surface area contributed by atoms with Crippen LogP contribution in [0.25, 0.3) is 11.0 Å². The van der Waals surface area contributed by atoms with E-state index in [0.717, 1.165) is 17.1 Å². The summed E-state index contributed by atoms with van der Waals surface area (Å²) in [6.07, 6.45) is 1.68. The lowest BCUT2D eigenvalue weighted by molar-refractivity contribution is -0.122. The highest BCUT2D eigenvalue weighted by molar-refractivity contribution is 7.89. The molecule has 4 aromatic rings. The van der Waals surface area contributed by atoms with Gasteiger partial charge in [0.1, 0.15) is 29.6 Å². The van der Waals surface area contributed by atoms with Gasteiger partial charge in [-0.2, -0.15) is 4.31 Å². The third-order valence-corrected chi connectivity index (χ3v) is 8.55. The summed E-state index contributed by atoms with van der Waals surface area (Å²) in [6, 6.07) is 17.7. The highest BCUT2D eigenvalue weighted by Crippen LogP contribution is 2.31. The largest absolute Gasteiger partial charge is 0.487 e. The maximum Gasteiger partial charge on any atom is 0.277 e. The average molecular weight is 552 g/mol. The number of fused-ring (bicyclic) bond motifs is 1. The van der Waals surface area contributed by atoms with Crippen LogP contribution in [0, 0.1) is 5.82 Å². The van der Waals surface area contributed by atoms with E-state index in [-0.39, 0.29) is 29.4 Å². The zero-order chi connectivity index (χ0) is 27.6. The fourth-order valence-electron chi connectivity index (χ4n) is 4.76. The number of aryl methyl sites for hydroxylation is 1. The second-order valence-corrected chi connectivity index (χ2v) is 11.6. The van der Waals surface area contributed by atoms with Crippen LogP contribution < -0.4 is 9.64 Å². The van der Waals surface area contributed by atoms with E-state index >= 15 is 0 Å². The van der Waals surface area contributed by atoms with Crippen LogP contribution >= 0.6 is 0 Å². The van der Waals surface area contributed by atoms with Crippen LogP contribution in [0.15, 0.2) is 76.2 Å². The summed E-state index contributed by atoms with van der Waals surface area (Å²) in [5, 5.41) is 0.0807. The first-order valence-electron chi connectivity index (χ1n) is 12.8. The molecule has 0 amide bonds. The van der Waals surface area contributed by atoms with Gasteiger partial charge in [-0.1, -0.05) is 18.2 Å². The molecule has 2 aromatic carbocycles. The Labute approximate surface area is 227 Å². The summed E-state index contributed by atoms with van der Waals surface area (Å²) in [4.78, 5) is 19.7. The van der Waals surface area contributed by atoms with Crippen molar-refractivity contribution in [3.8, 4) is 5.75 Å². The quantitative estimate of drug-likeness (QED) is 0.275. The summed E-state index contributed by atoms with van der Waals surface area (Å²) >= 11 is 0. The smallest absolute Gasteiger partial charge is 0.277 e. The molecule has 0 unspecified atom stereocenters. The number of furan rings is 1. The summed E-state index contributed by atoms with van der Waals surface area (Å²) in [7, 11) is -0.186. The SMILES string of the molecule is CN(C)c1cccc(COc2cccc(CCC(=O)[C@@H]3CCCN3S(=O)(=O)c3cc4cc(F)ccc4o3)c2)n1. The number of ether oxygens (including phenoxy) is 1. The maximum atomic E-state index is 13.6. The van der Waals surface area contributed by atoms with Gasteiger partial charge in [0.25, 0.3) is 10.0 Å². The number of benzene rings is 2. The maximum absolute atomic E-state index is 13.6. The van der Waals surface area contributed by atoms with Crippen molar-refractivity contribution in [1.82, 2.24) is 9.29 Å². The third-order valence-electron chi connectivity index (χ3n) is 6.79. The average Bonchev–Trinajstić information content (AvgIpc) is 3.59. The Morgan fingerprint density at radius 1 is 1.13 bits per heavy atom. The summed E-state index contributed by atoms with van der Waals surface area (Å²) in [6.45, 7) is 0.546. The number of halogens is 1. The number of hydrogen-bond acceptors (Lipinski definition) is 7. The van der Waals surface area contributed by atoms with Crippen molar-refractivity contribution in [2.24, 2.45) is 0 Å². The predicted octanol–water partition coefficient (Wildman–Crippen LogP) is 4.97. The minimum atomic E-state index is -4.05. The number of rotatable bonds is 10. The normalized spacial score (nSPS) is 16.0. The van der Waals surface area contributed by atoms with E-state index < -0.39 is 21.9 Å². The van der Waals surface area contributed by atoms with E-state index in [1.807, 2.05) is 61.5 Å². The molecule has 1 saturated heterocycles. The van der Waals surface area contributed by atoms with Crippen LogP contribution in [-0.2, 0) is 27.8 Å². The van der Waals surface area contributed by atoms with Gasteiger partial charge in [-0.3, -0.25) is 4.79 Å². The van der Waals surface area contributed by atoms with Gasteiger partial charge in [0.2, 0.25) is 5.09 Å². The van der Waals surface area contributed by atoms with Crippen molar-refractivity contribution in [3.63, 3.8) is 0 Å². The second kappa shape index (κ2) is 11.2. The molecule has 1 atom stereocenters. The van der Waals surface area contributed by atoms with Crippen molar-refractivity contribution >= 4 is 32.6 Å². The second-order valence-electron chi connectivity index (χ2n) is 9.81. The molecule has 1 aliphatic rings. The fraction of sp³-hybridized carbons (Fsp3) is 0.310. The number of nitrogens with zero attached hydrogens (tertiary/aromatic N) is 3. The first kappa shape index (κ1) is 26.8. The van der Waals surface area contributed by atoms with Crippen molar-refractivity contribution in [1.29, 1.82) is 0 Å². The molecule has 1 aliphatic heterocycles. The van der Waals surface area contributed by atoms with Crippen molar-refractivity contribution in [3.05, 3.63) is 83.8 Å². The van der Waals surface area contributed by atoms with Gasteiger partial charge < -0.3 is 14.1 Å². The molecule has 10 heteroatoms. The molecule has 5 rings (SSSR count). The molecule has 3 heterocycles. The van der Waals surface area contributed by atoms with E-state index in [9.17, 15) is 17.6 Å². The molecule has 39 heavy (non-hydrogen) atoms. The topological polar surface area (TPSA) is 93.0 Å². The Bertz CT molecular complexity index is 1600. The first-order valence-corrected chi connectivity index (χ1v) is 14.2. The van der Waals surface area contributed by atoms with Crippen LogP contribution in [-0.4, -0.2) is 50.2 Å². The Kier molecular flexibility index (Phi) is 7.67. The van der Waals surface area contributed by atoms with Crippen molar-refractivity contribution < 1.29 is 26.8 Å². The van der Waals surface area contributed by atoms with Crippen molar-refractivity contribution in [2.45, 2.75) is 43.4 Å². The van der Waals surface area contributed by atoms with Gasteiger partial charge in [0.05, 0.1) is 11.7 Å². The lowest BCUT2D eigenvalue weighted by Gasteiger charge is -2.21. The lowest BCUT2D eigenvalue weighted by atomic mass is 10.0. The van der Waals surface area contributed by atoms with E-state index in [2.05, 4.69) is 4.98 Å². The zero-order valence-corrected chi connectivity index (χ0v) is 22.7. The predicted molar refractivity (Wildman–Crippen MR) is 146 cm³/mol. The number of hydrogen-bond donors (Lipinski definition) is 0. The molecule has 204 valence electrons. The van der Waals surface area contributed by atoms with Gasteiger partial charge in [-0.15, -0.1) is 0 Å². The minimum absolute atomic E-state index is 0.144. The highest BCUT2D eigenvalue weighted by atomic mass is 32.2. The number of carbonyl (C=O) groups is 1. The molecule has 0 N–H and O–H groups in total. The number of aromatic nitrogens is 1. The van der Waals surface area contributed by atoms with Crippen LogP contribution in [0.3, 0.4) is 0 Å². The van der Waals surface area contributed by atoms with Crippen molar-refractivity contribution in [2.75, 3.05) is 25.5 Å². The fourth-order valence-corrected chi connectivity index (χ4v) is 6.39. The molecule has 0 bridgehead atoms. The van der Waals surface area contributed by atoms with Gasteiger partial charge in [0, 0.05) is 38.5 Å². The summed E-state index contributed by atoms with van der Waals surface area (Å²) in [5.41, 5.74) is 2.00. The van der Waals surface area contributed by atoms with Gasteiger partial charge >= 0.3 is 0 Å². The minimum Gasteiger partial charge on any atom is -0.487 e. The molecule has 0 aliphatic carbocycles. The third kappa shape index (κ3) is 5.97. The molecular weight excluding hydrogens is 521 g/mol. The van der Waals surface area contributed by atoms with Crippen LogP contribution in [0.4, 0.5) is 10.2 Å². The highest BCUT2D eigenvalue weighted by Gasteiger charge is 2.40. The number of Topliss-reactive ketones (excluding diaryl/α,β-unsaturated/α-hetero) is 1.